The second-order valence-corrected chi connectivity index (χ2v) is 10.6. The number of rotatable bonds is 1. The van der Waals surface area contributed by atoms with Crippen molar-refractivity contribution in [1.82, 2.24) is 9.55 Å². The van der Waals surface area contributed by atoms with Gasteiger partial charge < -0.3 is 14.4 Å². The lowest BCUT2D eigenvalue weighted by Crippen LogP contribution is -2.39. The topological polar surface area (TPSA) is 81.4 Å². The summed E-state index contributed by atoms with van der Waals surface area (Å²) in [5.41, 5.74) is 2.14. The van der Waals surface area contributed by atoms with Gasteiger partial charge in [0.25, 0.3) is 0 Å². The highest BCUT2D eigenvalue weighted by atomic mass is 16.5. The molecule has 4 atom stereocenters. The third kappa shape index (κ3) is 5.96. The van der Waals surface area contributed by atoms with Crippen LogP contribution in [0.25, 0.3) is 11.0 Å². The van der Waals surface area contributed by atoms with Gasteiger partial charge in [-0.05, 0) is 56.2 Å². The molecule has 6 nitrogen and oxygen atoms in total. The van der Waals surface area contributed by atoms with Gasteiger partial charge in [-0.3, -0.25) is 9.59 Å². The average Bonchev–Trinajstić information content (AvgIpc) is 3.09. The summed E-state index contributed by atoms with van der Waals surface area (Å²) in [4.78, 5) is 30.6. The van der Waals surface area contributed by atoms with Crippen LogP contribution in [0, 0.1) is 24.2 Å². The molecule has 2 heterocycles. The van der Waals surface area contributed by atoms with Crippen LogP contribution < -0.4 is 0 Å². The molecule has 2 aromatic rings. The molecule has 0 amide bonds. The lowest BCUT2D eigenvalue weighted by Gasteiger charge is -2.31. The number of ether oxygens (including phenoxy) is 1. The number of hydrogen-bond acceptors (Lipinski definition) is 5. The first-order valence-corrected chi connectivity index (χ1v) is 12.5. The number of aliphatic hydroxyl groups excluding tert-OH is 1. The normalized spacial score (nSPS) is 27.6. The van der Waals surface area contributed by atoms with Crippen molar-refractivity contribution in [3.8, 4) is 0 Å². The molecule has 0 aliphatic carbocycles. The second-order valence-electron chi connectivity index (χ2n) is 10.6. The van der Waals surface area contributed by atoms with E-state index in [-0.39, 0.29) is 24.1 Å². The van der Waals surface area contributed by atoms with Crippen LogP contribution in [0.15, 0.2) is 30.4 Å². The molecule has 0 radical (unpaired) electrons. The Morgan fingerprint density at radius 3 is 2.65 bits per heavy atom. The fourth-order valence-corrected chi connectivity index (χ4v) is 4.88. The first-order valence-electron chi connectivity index (χ1n) is 12.5. The fourth-order valence-electron chi connectivity index (χ4n) is 4.88. The van der Waals surface area contributed by atoms with Gasteiger partial charge in [-0.1, -0.05) is 45.9 Å². The minimum atomic E-state index is -0.712. The van der Waals surface area contributed by atoms with Crippen molar-refractivity contribution in [3.05, 3.63) is 41.7 Å². The van der Waals surface area contributed by atoms with Crippen molar-refractivity contribution in [1.29, 1.82) is 0 Å². The minimum Gasteiger partial charge on any atom is -0.457 e. The molecule has 1 aliphatic heterocycles. The molecule has 1 aliphatic rings. The molecule has 0 saturated heterocycles. The van der Waals surface area contributed by atoms with E-state index in [1.807, 2.05) is 57.5 Å². The lowest BCUT2D eigenvalue weighted by molar-refractivity contribution is -0.150. The van der Waals surface area contributed by atoms with Crippen LogP contribution in [-0.2, 0) is 21.4 Å². The summed E-state index contributed by atoms with van der Waals surface area (Å²) >= 11 is 0. The predicted molar refractivity (Wildman–Crippen MR) is 134 cm³/mol. The number of aliphatic hydroxyl groups is 1. The van der Waals surface area contributed by atoms with E-state index in [1.54, 1.807) is 6.92 Å². The SMILES string of the molecule is Cc1nc2cc([C@@H]3CC=CCCC[C@H](C)[C@H](O)[C@@H](C)C(=O)C(C)(C)CCC(=O)O3)ccc2n1C. The maximum atomic E-state index is 13.1. The van der Waals surface area contributed by atoms with Crippen LogP contribution >= 0.6 is 0 Å². The molecule has 3 rings (SSSR count). The number of Topliss-reactive ketones (excluding diaryl/α,β-unsaturated/α-hetero) is 1. The summed E-state index contributed by atoms with van der Waals surface area (Å²) in [6, 6.07) is 6.04. The quantitative estimate of drug-likeness (QED) is 0.435. The van der Waals surface area contributed by atoms with Gasteiger partial charge in [-0.25, -0.2) is 4.98 Å². The standard InChI is InChI=1S/C28H40N2O4/c1-18-11-9-7-8-10-12-24(21-13-14-23-22(17-21)29-20(3)30(23)6)34-25(31)15-16-28(4,5)27(33)19(2)26(18)32/h8,10,13-14,17-19,24,26,32H,7,9,11-12,15-16H2,1-6H3/t18-,19+,24-,26-/m0/s1. The molecule has 0 bridgehead atoms. The van der Waals surface area contributed by atoms with E-state index in [4.69, 9.17) is 4.74 Å². The number of benzene rings is 1. The molecular formula is C28H40N2O4. The van der Waals surface area contributed by atoms with Gasteiger partial charge in [0, 0.05) is 31.2 Å². The fraction of sp³-hybridized carbons (Fsp3) is 0.607. The molecule has 1 aromatic heterocycles. The number of carbonyl (C=O) groups is 2. The van der Waals surface area contributed by atoms with Crippen molar-refractivity contribution < 1.29 is 19.4 Å². The highest BCUT2D eigenvalue weighted by Gasteiger charge is 2.36. The monoisotopic (exact) mass is 468 g/mol. The van der Waals surface area contributed by atoms with Crippen molar-refractivity contribution in [3.63, 3.8) is 0 Å². The smallest absolute Gasteiger partial charge is 0.306 e. The van der Waals surface area contributed by atoms with Crippen molar-refractivity contribution in [2.45, 2.75) is 85.4 Å². The Labute approximate surface area is 203 Å². The summed E-state index contributed by atoms with van der Waals surface area (Å²) in [6.07, 6.45) is 6.92. The molecule has 0 saturated carbocycles. The molecule has 186 valence electrons. The van der Waals surface area contributed by atoms with Gasteiger partial charge in [-0.2, -0.15) is 0 Å². The minimum absolute atomic E-state index is 0.000775. The highest BCUT2D eigenvalue weighted by molar-refractivity contribution is 5.87. The van der Waals surface area contributed by atoms with Crippen LogP contribution in [-0.4, -0.2) is 32.5 Å². The number of ketones is 1. The largest absolute Gasteiger partial charge is 0.457 e. The van der Waals surface area contributed by atoms with E-state index in [0.717, 1.165) is 41.7 Å². The number of esters is 1. The number of fused-ring (bicyclic) bond motifs is 1. The summed E-state index contributed by atoms with van der Waals surface area (Å²) in [5, 5.41) is 10.7. The number of imidazole rings is 1. The Bertz CT molecular complexity index is 1050. The van der Waals surface area contributed by atoms with Crippen molar-refractivity contribution in [2.75, 3.05) is 0 Å². The zero-order valence-electron chi connectivity index (χ0n) is 21.5. The van der Waals surface area contributed by atoms with Gasteiger partial charge in [0.1, 0.15) is 17.7 Å². The van der Waals surface area contributed by atoms with Crippen LogP contribution in [0.3, 0.4) is 0 Å². The van der Waals surface area contributed by atoms with E-state index < -0.39 is 23.5 Å². The van der Waals surface area contributed by atoms with Gasteiger partial charge in [-0.15, -0.1) is 0 Å². The number of nitrogens with zero attached hydrogens (tertiary/aromatic N) is 2. The molecular weight excluding hydrogens is 428 g/mol. The van der Waals surface area contributed by atoms with Crippen LogP contribution in [0.5, 0.6) is 0 Å². The van der Waals surface area contributed by atoms with Gasteiger partial charge in [0.15, 0.2) is 0 Å². The average molecular weight is 469 g/mol. The zero-order valence-corrected chi connectivity index (χ0v) is 21.5. The summed E-state index contributed by atoms with van der Waals surface area (Å²) < 4.78 is 7.98. The van der Waals surface area contributed by atoms with Gasteiger partial charge >= 0.3 is 5.97 Å². The second kappa shape index (κ2) is 10.9. The maximum absolute atomic E-state index is 13.1. The van der Waals surface area contributed by atoms with Gasteiger partial charge in [0.05, 0.1) is 17.1 Å². The Balaban J connectivity index is 1.84. The Morgan fingerprint density at radius 2 is 1.91 bits per heavy atom. The first-order chi connectivity index (χ1) is 16.0. The van der Waals surface area contributed by atoms with E-state index in [0.29, 0.717) is 12.8 Å². The molecule has 34 heavy (non-hydrogen) atoms. The summed E-state index contributed by atoms with van der Waals surface area (Å²) in [7, 11) is 1.99. The molecule has 1 N–H and O–H groups in total. The number of hydrogen-bond donors (Lipinski definition) is 1. The molecule has 1 aromatic carbocycles. The third-order valence-electron chi connectivity index (χ3n) is 7.45. The van der Waals surface area contributed by atoms with E-state index >= 15 is 0 Å². The Hall–Kier alpha value is -2.47. The zero-order chi connectivity index (χ0) is 25.0. The lowest BCUT2D eigenvalue weighted by atomic mass is 9.74. The molecule has 0 unspecified atom stereocenters. The predicted octanol–water partition coefficient (Wildman–Crippen LogP) is 5.60. The van der Waals surface area contributed by atoms with Crippen molar-refractivity contribution in [2.24, 2.45) is 24.3 Å². The number of aryl methyl sites for hydroxylation is 2. The summed E-state index contributed by atoms with van der Waals surface area (Å²) in [6.45, 7) is 9.50. The third-order valence-corrected chi connectivity index (χ3v) is 7.45. The van der Waals surface area contributed by atoms with Crippen LogP contribution in [0.2, 0.25) is 0 Å². The number of aromatic nitrogens is 2. The van der Waals surface area contributed by atoms with Crippen molar-refractivity contribution >= 4 is 22.8 Å². The summed E-state index contributed by atoms with van der Waals surface area (Å²) in [5.74, 6) is 0.194. The van der Waals surface area contributed by atoms with E-state index in [2.05, 4.69) is 17.1 Å². The molecule has 0 spiro atoms. The highest BCUT2D eigenvalue weighted by Crippen LogP contribution is 2.33. The number of allylic oxidation sites excluding steroid dienone is 1. The number of carbonyl (C=O) groups excluding carboxylic acids is 2. The van der Waals surface area contributed by atoms with Crippen LogP contribution in [0.1, 0.15) is 83.7 Å². The maximum Gasteiger partial charge on any atom is 0.306 e. The molecule has 6 heteroatoms. The Morgan fingerprint density at radius 1 is 1.18 bits per heavy atom. The Kier molecular flexibility index (Phi) is 8.34. The first kappa shape index (κ1) is 26.1. The van der Waals surface area contributed by atoms with E-state index in [9.17, 15) is 14.7 Å². The van der Waals surface area contributed by atoms with Crippen LogP contribution in [0.4, 0.5) is 0 Å². The van der Waals surface area contributed by atoms with E-state index in [1.165, 1.54) is 0 Å². The number of cyclic esters (lactones) is 1. The molecule has 0 fully saturated rings. The van der Waals surface area contributed by atoms with Gasteiger partial charge in [0.2, 0.25) is 0 Å².